The molecule has 9 nitrogen and oxygen atoms in total. The average molecular weight is 477 g/mol. The molecule has 0 bridgehead atoms. The van der Waals surface area contributed by atoms with Gasteiger partial charge in [-0.2, -0.15) is 5.10 Å². The Morgan fingerprint density at radius 1 is 1.33 bits per heavy atom. The van der Waals surface area contributed by atoms with Gasteiger partial charge in [0.1, 0.15) is 17.6 Å². The van der Waals surface area contributed by atoms with Crippen LogP contribution >= 0.6 is 11.6 Å². The molecule has 3 N–H and O–H groups in total. The van der Waals surface area contributed by atoms with E-state index in [-0.39, 0.29) is 37.4 Å². The molecule has 0 saturated carbocycles. The Bertz CT molecular complexity index is 1010. The molecule has 33 heavy (non-hydrogen) atoms. The minimum absolute atomic E-state index is 0.0972. The molecule has 0 aliphatic carbocycles. The zero-order chi connectivity index (χ0) is 24.0. The zero-order valence-corrected chi connectivity index (χ0v) is 19.4. The van der Waals surface area contributed by atoms with Gasteiger partial charge in [0.05, 0.1) is 30.8 Å². The summed E-state index contributed by atoms with van der Waals surface area (Å²) in [5, 5.41) is 25.9. The van der Waals surface area contributed by atoms with Crippen LogP contribution < -0.4 is 10.1 Å². The molecule has 0 radical (unpaired) electrons. The van der Waals surface area contributed by atoms with Crippen molar-refractivity contribution in [1.82, 2.24) is 14.7 Å². The van der Waals surface area contributed by atoms with Gasteiger partial charge in [0.2, 0.25) is 5.91 Å². The Kier molecular flexibility index (Phi) is 8.49. The van der Waals surface area contributed by atoms with Crippen molar-refractivity contribution in [2.45, 2.75) is 45.4 Å². The Balaban J connectivity index is 1.71. The number of nitrogens with zero attached hydrogens (tertiary/aromatic N) is 3. The van der Waals surface area contributed by atoms with E-state index in [2.05, 4.69) is 10.4 Å². The lowest BCUT2D eigenvalue weighted by Gasteiger charge is -2.28. The molecule has 1 aromatic heterocycles. The predicted molar refractivity (Wildman–Crippen MR) is 124 cm³/mol. The monoisotopic (exact) mass is 476 g/mol. The first-order valence-electron chi connectivity index (χ1n) is 10.9. The van der Waals surface area contributed by atoms with Gasteiger partial charge < -0.3 is 25.2 Å². The van der Waals surface area contributed by atoms with Crippen molar-refractivity contribution in [3.8, 4) is 5.75 Å². The second-order valence-corrected chi connectivity index (χ2v) is 8.53. The van der Waals surface area contributed by atoms with Crippen LogP contribution in [0.25, 0.3) is 0 Å². The Labute approximate surface area is 197 Å². The number of amides is 2. The molecule has 3 atom stereocenters. The molecule has 1 aliphatic rings. The Morgan fingerprint density at radius 3 is 2.79 bits per heavy atom. The number of aromatic nitrogens is 2. The highest BCUT2D eigenvalue weighted by molar-refractivity contribution is 6.32. The lowest BCUT2D eigenvalue weighted by molar-refractivity contribution is -0.134. The number of halogens is 1. The summed E-state index contributed by atoms with van der Waals surface area (Å²) in [6, 6.07) is 7.86. The van der Waals surface area contributed by atoms with E-state index in [0.717, 1.165) is 6.42 Å². The first-order chi connectivity index (χ1) is 15.8. The molecule has 0 fully saturated rings. The minimum Gasteiger partial charge on any atom is -0.458 e. The molecule has 1 aromatic carbocycles. The Hall–Kier alpha value is -2.88. The second kappa shape index (κ2) is 11.3. The van der Waals surface area contributed by atoms with E-state index in [1.165, 1.54) is 15.7 Å². The summed E-state index contributed by atoms with van der Waals surface area (Å²) < 4.78 is 7.24. The molecule has 2 heterocycles. The predicted octanol–water partition coefficient (Wildman–Crippen LogP) is 2.44. The van der Waals surface area contributed by atoms with Crippen molar-refractivity contribution in [2.75, 3.05) is 18.5 Å². The second-order valence-electron chi connectivity index (χ2n) is 8.12. The summed E-state index contributed by atoms with van der Waals surface area (Å²) in [7, 11) is 0. The van der Waals surface area contributed by atoms with Crippen LogP contribution in [-0.4, -0.2) is 62.0 Å². The summed E-state index contributed by atoms with van der Waals surface area (Å²) in [5.41, 5.74) is 0. The fourth-order valence-corrected chi connectivity index (χ4v) is 3.62. The normalized spacial score (nSPS) is 16.3. The number of carbonyl (C=O) groups excluding carboxylic acids is 2. The maximum atomic E-state index is 13.2. The van der Waals surface area contributed by atoms with E-state index in [1.807, 2.05) is 13.8 Å². The van der Waals surface area contributed by atoms with Gasteiger partial charge in [-0.3, -0.25) is 14.3 Å². The van der Waals surface area contributed by atoms with Crippen molar-refractivity contribution in [3.05, 3.63) is 53.4 Å². The highest BCUT2D eigenvalue weighted by Gasteiger charge is 2.35. The van der Waals surface area contributed by atoms with E-state index >= 15 is 0 Å². The minimum atomic E-state index is -0.948. The van der Waals surface area contributed by atoms with Gasteiger partial charge in [-0.15, -0.1) is 0 Å². The molecule has 1 unspecified atom stereocenters. The smallest absolute Gasteiger partial charge is 0.251 e. The van der Waals surface area contributed by atoms with Crippen molar-refractivity contribution in [1.29, 1.82) is 0 Å². The van der Waals surface area contributed by atoms with Crippen molar-refractivity contribution < 1.29 is 24.5 Å². The van der Waals surface area contributed by atoms with Crippen LogP contribution in [0.5, 0.6) is 5.75 Å². The van der Waals surface area contributed by atoms with E-state index in [1.54, 1.807) is 36.5 Å². The number of rotatable bonds is 11. The fraction of sp³-hybridized carbons (Fsp3) is 0.435. The first kappa shape index (κ1) is 24.8. The number of carbonyl (C=O) groups is 2. The SMILES string of the molecule is CC[C@H](C)CC(C(=O)Nc1ccn(C[C@@H](O)CO)n1)N1CC(Oc2ccccc2Cl)=CC1=O. The van der Waals surface area contributed by atoms with E-state index in [9.17, 15) is 14.7 Å². The van der Waals surface area contributed by atoms with Crippen LogP contribution in [0.1, 0.15) is 26.7 Å². The third kappa shape index (κ3) is 6.56. The van der Waals surface area contributed by atoms with Crippen LogP contribution in [0.3, 0.4) is 0 Å². The van der Waals surface area contributed by atoms with Gasteiger partial charge in [-0.05, 0) is 24.5 Å². The number of aliphatic hydroxyl groups is 2. The third-order valence-electron chi connectivity index (χ3n) is 5.47. The van der Waals surface area contributed by atoms with Crippen molar-refractivity contribution in [3.63, 3.8) is 0 Å². The lowest BCUT2D eigenvalue weighted by atomic mass is 9.97. The maximum absolute atomic E-state index is 13.2. The van der Waals surface area contributed by atoms with Gasteiger partial charge >= 0.3 is 0 Å². The van der Waals surface area contributed by atoms with Gasteiger partial charge in [0, 0.05) is 18.3 Å². The van der Waals surface area contributed by atoms with Gasteiger partial charge in [-0.25, -0.2) is 0 Å². The Morgan fingerprint density at radius 2 is 2.09 bits per heavy atom. The van der Waals surface area contributed by atoms with Crippen molar-refractivity contribution >= 4 is 29.2 Å². The summed E-state index contributed by atoms with van der Waals surface area (Å²) in [5.74, 6) is 0.697. The van der Waals surface area contributed by atoms with Crippen molar-refractivity contribution in [2.24, 2.45) is 5.92 Å². The van der Waals surface area contributed by atoms with E-state index in [0.29, 0.717) is 28.8 Å². The summed E-state index contributed by atoms with van der Waals surface area (Å²) in [6.45, 7) is 3.92. The summed E-state index contributed by atoms with van der Waals surface area (Å²) in [6.07, 6.45) is 3.36. The van der Waals surface area contributed by atoms with Gasteiger partial charge in [0.15, 0.2) is 5.82 Å². The summed E-state index contributed by atoms with van der Waals surface area (Å²) in [4.78, 5) is 27.4. The van der Waals surface area contributed by atoms with Crippen LogP contribution in [0, 0.1) is 5.92 Å². The van der Waals surface area contributed by atoms with Crippen LogP contribution in [0.2, 0.25) is 5.02 Å². The molecule has 2 aromatic rings. The molecule has 0 spiro atoms. The number of nitrogens with one attached hydrogen (secondary N) is 1. The standard InChI is InChI=1S/C23H29ClN4O5/c1-3-15(2)10-19(23(32)25-21-8-9-27(26-21)12-16(30)14-29)28-13-17(11-22(28)31)33-20-7-5-4-6-18(20)24/h4-9,11,15-16,19,29-30H,3,10,12-14H2,1-2H3,(H,25,26,32)/t15-,16+,19?/m0/s1. The molecular formula is C23H29ClN4O5. The topological polar surface area (TPSA) is 117 Å². The third-order valence-corrected chi connectivity index (χ3v) is 5.79. The number of ether oxygens (including phenoxy) is 1. The maximum Gasteiger partial charge on any atom is 0.251 e. The first-order valence-corrected chi connectivity index (χ1v) is 11.2. The number of aliphatic hydroxyl groups excluding tert-OH is 2. The highest BCUT2D eigenvalue weighted by Crippen LogP contribution is 2.28. The molecule has 10 heteroatoms. The van der Waals surface area contributed by atoms with Crippen LogP contribution in [0.15, 0.2) is 48.4 Å². The molecule has 2 amide bonds. The number of hydrogen-bond donors (Lipinski definition) is 3. The number of benzene rings is 1. The van der Waals surface area contributed by atoms with Crippen LogP contribution in [-0.2, 0) is 16.1 Å². The van der Waals surface area contributed by atoms with E-state index < -0.39 is 12.1 Å². The highest BCUT2D eigenvalue weighted by atomic mass is 35.5. The zero-order valence-electron chi connectivity index (χ0n) is 18.6. The largest absolute Gasteiger partial charge is 0.458 e. The molecular weight excluding hydrogens is 448 g/mol. The fourth-order valence-electron chi connectivity index (χ4n) is 3.44. The van der Waals surface area contributed by atoms with Gasteiger partial charge in [0.25, 0.3) is 5.91 Å². The average Bonchev–Trinajstić information content (AvgIpc) is 3.38. The molecule has 178 valence electrons. The lowest BCUT2D eigenvalue weighted by Crippen LogP contribution is -2.46. The number of hydrogen-bond acceptors (Lipinski definition) is 6. The summed E-state index contributed by atoms with van der Waals surface area (Å²) >= 11 is 6.16. The molecule has 0 saturated heterocycles. The molecule has 3 rings (SSSR count). The molecule has 1 aliphatic heterocycles. The number of anilines is 1. The van der Waals surface area contributed by atoms with Gasteiger partial charge in [-0.1, -0.05) is 44.0 Å². The number of para-hydroxylation sites is 1. The quantitative estimate of drug-likeness (QED) is 0.458. The van der Waals surface area contributed by atoms with E-state index in [4.69, 9.17) is 21.4 Å². The van der Waals surface area contributed by atoms with Crippen LogP contribution in [0.4, 0.5) is 5.82 Å².